The van der Waals surface area contributed by atoms with Gasteiger partial charge in [0.05, 0.1) is 21.8 Å². The summed E-state index contributed by atoms with van der Waals surface area (Å²) in [6.45, 7) is 0. The maximum absolute atomic E-state index is 13.4. The van der Waals surface area contributed by atoms with Crippen molar-refractivity contribution in [2.24, 2.45) is 0 Å². The molecule has 34 heavy (non-hydrogen) atoms. The third-order valence-electron chi connectivity index (χ3n) is 6.12. The van der Waals surface area contributed by atoms with Crippen LogP contribution >= 0.6 is 0 Å². The molecule has 0 amide bonds. The lowest BCUT2D eigenvalue weighted by molar-refractivity contribution is 0.103. The highest BCUT2D eigenvalue weighted by molar-refractivity contribution is 6.15. The van der Waals surface area contributed by atoms with E-state index in [1.165, 1.54) is 0 Å². The topological polar surface area (TPSA) is 72.2 Å². The molecule has 6 rings (SSSR count). The average molecular weight is 442 g/mol. The first-order valence-corrected chi connectivity index (χ1v) is 10.9. The number of hydrogen-bond acceptors (Lipinski definition) is 4. The van der Waals surface area contributed by atoms with Gasteiger partial charge in [-0.3, -0.25) is 9.36 Å². The monoisotopic (exact) mass is 442 g/mol. The van der Waals surface area contributed by atoms with Crippen molar-refractivity contribution < 1.29 is 9.90 Å². The predicted octanol–water partition coefficient (Wildman–Crippen LogP) is 3.47. The fraction of sp³-hybridized carbons (Fsp3) is 0. The molecule has 1 heterocycles. The molecule has 0 unspecified atom stereocenters. The van der Waals surface area contributed by atoms with E-state index in [1.54, 1.807) is 41.0 Å². The van der Waals surface area contributed by atoms with Crippen molar-refractivity contribution in [1.29, 1.82) is 0 Å². The van der Waals surface area contributed by atoms with Crippen molar-refractivity contribution in [3.63, 3.8) is 0 Å². The number of benzene rings is 4. The number of carbonyl (C=O) groups excluding carboxylic acids is 1. The highest BCUT2D eigenvalue weighted by Gasteiger charge is 2.26. The Hall–Kier alpha value is -4.77. The van der Waals surface area contributed by atoms with E-state index in [1.807, 2.05) is 66.7 Å². The molecule has 5 heteroatoms. The van der Waals surface area contributed by atoms with Gasteiger partial charge < -0.3 is 5.11 Å². The van der Waals surface area contributed by atoms with E-state index in [4.69, 9.17) is 0 Å². The molecule has 1 aliphatic carbocycles. The van der Waals surface area contributed by atoms with Gasteiger partial charge in [0, 0.05) is 22.1 Å². The number of carbonyl (C=O) groups is 1. The van der Waals surface area contributed by atoms with Gasteiger partial charge in [0.2, 0.25) is 0 Å². The van der Waals surface area contributed by atoms with Crippen LogP contribution in [0.2, 0.25) is 0 Å². The summed E-state index contributed by atoms with van der Waals surface area (Å²) >= 11 is 0. The lowest BCUT2D eigenvalue weighted by atomic mass is 9.88. The van der Waals surface area contributed by atoms with Crippen molar-refractivity contribution in [3.05, 3.63) is 140 Å². The molecule has 162 valence electrons. The second-order valence-electron chi connectivity index (χ2n) is 8.11. The van der Waals surface area contributed by atoms with Crippen molar-refractivity contribution in [2.45, 2.75) is 0 Å². The summed E-state index contributed by atoms with van der Waals surface area (Å²) in [5.41, 5.74) is 2.60. The maximum Gasteiger partial charge on any atom is 0.353 e. The van der Waals surface area contributed by atoms with Crippen molar-refractivity contribution in [1.82, 2.24) is 9.55 Å². The quantitative estimate of drug-likeness (QED) is 0.454. The zero-order valence-corrected chi connectivity index (χ0v) is 18.0. The number of aliphatic hydroxyl groups is 1. The summed E-state index contributed by atoms with van der Waals surface area (Å²) in [6, 6.07) is 29.4. The SMILES string of the molecule is O=C1c2ccccc2C(O)=c2c1ccc1/c(=C\c3ccccc3)n(-c3ccccc3)c(=O)nc21. The summed E-state index contributed by atoms with van der Waals surface area (Å²) in [4.78, 5) is 31.0. The van der Waals surface area contributed by atoms with Crippen LogP contribution in [0.4, 0.5) is 0 Å². The lowest BCUT2D eigenvalue weighted by Crippen LogP contribution is -2.37. The van der Waals surface area contributed by atoms with Crippen LogP contribution in [-0.4, -0.2) is 20.4 Å². The van der Waals surface area contributed by atoms with E-state index in [0.29, 0.717) is 43.8 Å². The number of rotatable bonds is 2. The minimum Gasteiger partial charge on any atom is -0.507 e. The van der Waals surface area contributed by atoms with Gasteiger partial charge in [0.1, 0.15) is 5.76 Å². The summed E-state index contributed by atoms with van der Waals surface area (Å²) in [5.74, 6) is -0.251. The van der Waals surface area contributed by atoms with Crippen LogP contribution in [-0.2, 0) is 0 Å². The van der Waals surface area contributed by atoms with E-state index >= 15 is 0 Å². The molecule has 0 saturated carbocycles. The normalized spacial score (nSPS) is 13.1. The molecule has 5 aromatic rings. The Morgan fingerprint density at radius 2 is 1.35 bits per heavy atom. The minimum absolute atomic E-state index is 0.0502. The molecule has 0 saturated heterocycles. The van der Waals surface area contributed by atoms with E-state index in [2.05, 4.69) is 4.98 Å². The molecule has 1 aliphatic rings. The number of fused-ring (bicyclic) bond motifs is 4. The van der Waals surface area contributed by atoms with Crippen LogP contribution in [0, 0.1) is 0 Å². The number of para-hydroxylation sites is 1. The zero-order chi connectivity index (χ0) is 23.2. The Bertz CT molecular complexity index is 1790. The Morgan fingerprint density at radius 3 is 2.09 bits per heavy atom. The van der Waals surface area contributed by atoms with E-state index < -0.39 is 5.69 Å². The first-order valence-electron chi connectivity index (χ1n) is 10.9. The Kier molecular flexibility index (Phi) is 4.49. The molecule has 0 fully saturated rings. The fourth-order valence-corrected chi connectivity index (χ4v) is 4.56. The molecule has 0 radical (unpaired) electrons. The predicted molar refractivity (Wildman–Crippen MR) is 132 cm³/mol. The molecular formula is C29H18N2O3. The number of ketones is 1. The van der Waals surface area contributed by atoms with Gasteiger partial charge in [0.15, 0.2) is 5.78 Å². The summed E-state index contributed by atoms with van der Waals surface area (Å²) in [6.07, 6.45) is 1.92. The minimum atomic E-state index is -0.492. The Morgan fingerprint density at radius 1 is 0.706 bits per heavy atom. The first kappa shape index (κ1) is 19.9. The molecule has 1 N–H and O–H groups in total. The largest absolute Gasteiger partial charge is 0.507 e. The molecule has 5 nitrogen and oxygen atoms in total. The Balaban J connectivity index is 1.82. The van der Waals surface area contributed by atoms with E-state index in [-0.39, 0.29) is 11.5 Å². The molecule has 0 atom stereocenters. The summed E-state index contributed by atoms with van der Waals surface area (Å²) < 4.78 is 1.55. The van der Waals surface area contributed by atoms with Crippen LogP contribution in [0.1, 0.15) is 27.0 Å². The lowest BCUT2D eigenvalue weighted by Gasteiger charge is -2.17. The van der Waals surface area contributed by atoms with Crippen LogP contribution in [0.5, 0.6) is 0 Å². The van der Waals surface area contributed by atoms with E-state index in [9.17, 15) is 14.7 Å². The van der Waals surface area contributed by atoms with Crippen LogP contribution in [0.3, 0.4) is 0 Å². The van der Waals surface area contributed by atoms with Crippen LogP contribution in [0.25, 0.3) is 28.4 Å². The van der Waals surface area contributed by atoms with Crippen molar-refractivity contribution >= 4 is 28.5 Å². The molecule has 0 bridgehead atoms. The van der Waals surface area contributed by atoms with Gasteiger partial charge >= 0.3 is 5.69 Å². The third kappa shape index (κ3) is 2.98. The molecule has 4 aromatic carbocycles. The average Bonchev–Trinajstić information content (AvgIpc) is 2.88. The van der Waals surface area contributed by atoms with Crippen molar-refractivity contribution in [2.75, 3.05) is 0 Å². The van der Waals surface area contributed by atoms with Gasteiger partial charge in [-0.15, -0.1) is 0 Å². The van der Waals surface area contributed by atoms with Crippen molar-refractivity contribution in [3.8, 4) is 5.69 Å². The standard InChI is InChI=1S/C29H18N2O3/c32-27-20-13-7-8-14-21(20)28(33)25-23(27)16-15-22-24(17-18-9-3-1-4-10-18)31(29(34)30-26(22)25)19-11-5-2-6-12-19/h1-17,33H/b24-17+. The van der Waals surface area contributed by atoms with Gasteiger partial charge in [-0.2, -0.15) is 4.98 Å². The van der Waals surface area contributed by atoms with Gasteiger partial charge in [-0.05, 0) is 35.9 Å². The molecular weight excluding hydrogens is 424 g/mol. The number of hydrogen-bond donors (Lipinski definition) is 1. The highest BCUT2D eigenvalue weighted by Crippen LogP contribution is 2.24. The number of aromatic nitrogens is 2. The van der Waals surface area contributed by atoms with Crippen LogP contribution < -0.4 is 16.3 Å². The smallest absolute Gasteiger partial charge is 0.353 e. The maximum atomic E-state index is 13.4. The number of aliphatic hydroxyl groups excluding tert-OH is 1. The number of nitrogens with zero attached hydrogens (tertiary/aromatic N) is 2. The fourth-order valence-electron chi connectivity index (χ4n) is 4.56. The van der Waals surface area contributed by atoms with Gasteiger partial charge in [-0.1, -0.05) is 72.8 Å². The molecule has 0 aliphatic heterocycles. The highest BCUT2D eigenvalue weighted by atomic mass is 16.3. The molecule has 1 aromatic heterocycles. The summed E-state index contributed by atoms with van der Waals surface area (Å²) in [5, 5.41) is 12.8. The third-order valence-corrected chi connectivity index (χ3v) is 6.12. The van der Waals surface area contributed by atoms with Gasteiger partial charge in [-0.25, -0.2) is 4.79 Å². The summed E-state index contributed by atoms with van der Waals surface area (Å²) in [7, 11) is 0. The van der Waals surface area contributed by atoms with E-state index in [0.717, 1.165) is 5.56 Å². The zero-order valence-electron chi connectivity index (χ0n) is 18.0. The first-order chi connectivity index (χ1) is 16.6. The van der Waals surface area contributed by atoms with Gasteiger partial charge in [0.25, 0.3) is 0 Å². The van der Waals surface area contributed by atoms with Crippen LogP contribution in [0.15, 0.2) is 102 Å². The Labute approximate surface area is 194 Å². The second-order valence-corrected chi connectivity index (χ2v) is 8.11. The molecule has 0 spiro atoms. The second kappa shape index (κ2) is 7.67.